The van der Waals surface area contributed by atoms with Gasteiger partial charge in [0.15, 0.2) is 0 Å². The van der Waals surface area contributed by atoms with Gasteiger partial charge in [0, 0.05) is 12.3 Å². The van der Waals surface area contributed by atoms with Crippen molar-refractivity contribution in [3.05, 3.63) is 0 Å². The van der Waals surface area contributed by atoms with Gasteiger partial charge in [-0.05, 0) is 30.6 Å². The summed E-state index contributed by atoms with van der Waals surface area (Å²) in [5.41, 5.74) is 0.448. The van der Waals surface area contributed by atoms with Gasteiger partial charge >= 0.3 is 0 Å². The van der Waals surface area contributed by atoms with Crippen molar-refractivity contribution >= 4 is 5.78 Å². The molecule has 1 aliphatic heterocycles. The van der Waals surface area contributed by atoms with E-state index in [1.807, 2.05) is 0 Å². The lowest BCUT2D eigenvalue weighted by Gasteiger charge is -2.29. The zero-order valence-electron chi connectivity index (χ0n) is 6.95. The molecule has 12 heavy (non-hydrogen) atoms. The lowest BCUT2D eigenvalue weighted by Crippen LogP contribution is -2.31. The van der Waals surface area contributed by atoms with Gasteiger partial charge < -0.3 is 4.74 Å². The predicted octanol–water partition coefficient (Wildman–Crippen LogP) is 1.14. The molecule has 0 unspecified atom stereocenters. The van der Waals surface area contributed by atoms with E-state index in [0.717, 1.165) is 18.8 Å². The Hall–Kier alpha value is -0.370. The summed E-state index contributed by atoms with van der Waals surface area (Å²) in [6.07, 6.45) is 5.50. The smallest absolute Gasteiger partial charge is 0.139 e. The minimum Gasteiger partial charge on any atom is -0.368 e. The minimum absolute atomic E-state index is 0.311. The molecule has 0 N–H and O–H groups in total. The van der Waals surface area contributed by atoms with Crippen LogP contribution < -0.4 is 0 Å². The van der Waals surface area contributed by atoms with Gasteiger partial charge in [-0.1, -0.05) is 0 Å². The number of fused-ring (bicyclic) bond motifs is 6. The van der Waals surface area contributed by atoms with Crippen LogP contribution in [0.5, 0.6) is 0 Å². The number of carbonyl (C=O) groups is 1. The van der Waals surface area contributed by atoms with E-state index in [1.54, 1.807) is 0 Å². The van der Waals surface area contributed by atoms with Crippen LogP contribution in [0.4, 0.5) is 0 Å². The molecular weight excluding hydrogens is 152 g/mol. The van der Waals surface area contributed by atoms with Crippen molar-refractivity contribution in [3.63, 3.8) is 0 Å². The quantitative estimate of drug-likeness (QED) is 0.502. The number of ketones is 1. The second-order valence-electron chi connectivity index (χ2n) is 5.02. The van der Waals surface area contributed by atoms with Crippen LogP contribution in [0.25, 0.3) is 0 Å². The first-order valence-electron chi connectivity index (χ1n) is 4.98. The lowest BCUT2D eigenvalue weighted by molar-refractivity contribution is -0.128. The fourth-order valence-electron chi connectivity index (χ4n) is 3.56. The van der Waals surface area contributed by atoms with E-state index in [0.29, 0.717) is 29.3 Å². The maximum atomic E-state index is 11.7. The van der Waals surface area contributed by atoms with Gasteiger partial charge in [-0.25, -0.2) is 0 Å². The Bertz CT molecular complexity index is 280. The Kier molecular flexibility index (Phi) is 0.768. The molecule has 1 spiro atoms. The molecule has 0 aromatic carbocycles. The second kappa shape index (κ2) is 1.50. The van der Waals surface area contributed by atoms with E-state index < -0.39 is 0 Å². The van der Waals surface area contributed by atoms with E-state index in [-0.39, 0.29) is 0 Å². The van der Waals surface area contributed by atoms with Crippen molar-refractivity contribution in [2.45, 2.75) is 37.9 Å². The first-order valence-corrected chi connectivity index (χ1v) is 4.98. The number of Topliss-reactive ketones (excluding diaryl/α,β-unsaturated/α-hetero) is 1. The van der Waals surface area contributed by atoms with Gasteiger partial charge in [0.05, 0.1) is 12.2 Å². The third-order valence-electron chi connectivity index (χ3n) is 4.48. The Balaban J connectivity index is 1.82. The van der Waals surface area contributed by atoms with Gasteiger partial charge in [-0.2, -0.15) is 0 Å². The largest absolute Gasteiger partial charge is 0.368 e. The standard InChI is InChI=1S/C10H12O2/c11-7-4-10(1-2-10)6-3-5(7)8-9(6)12-8/h5-6,8-9H,1-4H2/t5-,6-,8-,9+/m0/s1. The Morgan fingerprint density at radius 3 is 2.92 bits per heavy atom. The average Bonchev–Trinajstić information content (AvgIpc) is 2.94. The highest BCUT2D eigenvalue weighted by Gasteiger charge is 2.70. The highest BCUT2D eigenvalue weighted by molar-refractivity contribution is 5.85. The lowest BCUT2D eigenvalue weighted by atomic mass is 9.75. The number of ether oxygens (including phenoxy) is 1. The van der Waals surface area contributed by atoms with E-state index in [4.69, 9.17) is 4.74 Å². The normalized spacial score (nSPS) is 57.2. The first-order chi connectivity index (χ1) is 5.80. The molecule has 4 rings (SSSR count). The Morgan fingerprint density at radius 2 is 2.17 bits per heavy atom. The van der Waals surface area contributed by atoms with Gasteiger partial charge in [0.25, 0.3) is 0 Å². The van der Waals surface area contributed by atoms with Crippen molar-refractivity contribution in [1.82, 2.24) is 0 Å². The third kappa shape index (κ3) is 0.506. The van der Waals surface area contributed by atoms with E-state index >= 15 is 0 Å². The molecule has 2 bridgehead atoms. The fourth-order valence-corrected chi connectivity index (χ4v) is 3.56. The number of epoxide rings is 1. The van der Waals surface area contributed by atoms with Crippen molar-refractivity contribution in [3.8, 4) is 0 Å². The number of hydrogen-bond donors (Lipinski definition) is 0. The van der Waals surface area contributed by atoms with Crippen molar-refractivity contribution < 1.29 is 9.53 Å². The summed E-state index contributed by atoms with van der Waals surface area (Å²) in [5, 5.41) is 0. The Labute approximate surface area is 71.3 Å². The van der Waals surface area contributed by atoms with Crippen LogP contribution in [0.1, 0.15) is 25.7 Å². The van der Waals surface area contributed by atoms with Crippen LogP contribution in [0.2, 0.25) is 0 Å². The summed E-state index contributed by atoms with van der Waals surface area (Å²) >= 11 is 0. The molecule has 0 aromatic rings. The summed E-state index contributed by atoms with van der Waals surface area (Å²) in [5.74, 6) is 1.59. The van der Waals surface area contributed by atoms with Crippen molar-refractivity contribution in [1.29, 1.82) is 0 Å². The van der Waals surface area contributed by atoms with Gasteiger partial charge in [0.2, 0.25) is 0 Å². The molecule has 0 radical (unpaired) electrons. The summed E-state index contributed by atoms with van der Waals surface area (Å²) in [6, 6.07) is 0. The zero-order valence-corrected chi connectivity index (χ0v) is 6.95. The summed E-state index contributed by atoms with van der Waals surface area (Å²) in [4.78, 5) is 11.7. The SMILES string of the molecule is O=C1CC2(CC2)[C@H]2C[C@@H]1[C@@H]1O[C@@H]12. The van der Waals surface area contributed by atoms with E-state index in [1.165, 1.54) is 12.8 Å². The van der Waals surface area contributed by atoms with Gasteiger partial charge in [0.1, 0.15) is 5.78 Å². The van der Waals surface area contributed by atoms with Crippen LogP contribution in [-0.2, 0) is 9.53 Å². The summed E-state index contributed by atoms with van der Waals surface area (Å²) in [6.45, 7) is 0. The molecule has 2 nitrogen and oxygen atoms in total. The van der Waals surface area contributed by atoms with Crippen LogP contribution in [-0.4, -0.2) is 18.0 Å². The average molecular weight is 164 g/mol. The topological polar surface area (TPSA) is 29.6 Å². The van der Waals surface area contributed by atoms with Gasteiger partial charge in [-0.15, -0.1) is 0 Å². The molecule has 4 aliphatic rings. The summed E-state index contributed by atoms with van der Waals surface area (Å²) < 4.78 is 5.55. The Morgan fingerprint density at radius 1 is 1.33 bits per heavy atom. The maximum Gasteiger partial charge on any atom is 0.139 e. The van der Waals surface area contributed by atoms with Crippen LogP contribution in [0.3, 0.4) is 0 Å². The van der Waals surface area contributed by atoms with Gasteiger partial charge in [-0.3, -0.25) is 4.79 Å². The molecule has 0 amide bonds. The monoisotopic (exact) mass is 164 g/mol. The van der Waals surface area contributed by atoms with E-state index in [9.17, 15) is 4.79 Å². The third-order valence-corrected chi connectivity index (χ3v) is 4.48. The molecule has 1 saturated heterocycles. The fraction of sp³-hybridized carbons (Fsp3) is 0.900. The molecule has 2 heteroatoms. The van der Waals surface area contributed by atoms with Crippen molar-refractivity contribution in [2.75, 3.05) is 0 Å². The van der Waals surface area contributed by atoms with Crippen LogP contribution >= 0.6 is 0 Å². The number of rotatable bonds is 0. The molecule has 1 heterocycles. The van der Waals surface area contributed by atoms with Crippen molar-refractivity contribution in [2.24, 2.45) is 17.3 Å². The molecular formula is C10H12O2. The zero-order chi connectivity index (χ0) is 7.92. The molecule has 3 saturated carbocycles. The number of carbonyl (C=O) groups excluding carboxylic acids is 1. The molecule has 0 aromatic heterocycles. The molecule has 4 atom stereocenters. The van der Waals surface area contributed by atoms with Crippen LogP contribution in [0, 0.1) is 17.3 Å². The minimum atomic E-state index is 0.311. The maximum absolute atomic E-state index is 11.7. The first kappa shape index (κ1) is 6.14. The van der Waals surface area contributed by atoms with Crippen LogP contribution in [0.15, 0.2) is 0 Å². The molecule has 3 aliphatic carbocycles. The molecule has 4 fully saturated rings. The highest BCUT2D eigenvalue weighted by Crippen LogP contribution is 2.68. The molecule has 64 valence electrons. The van der Waals surface area contributed by atoms with E-state index in [2.05, 4.69) is 0 Å². The second-order valence-corrected chi connectivity index (χ2v) is 5.02. The predicted molar refractivity (Wildman–Crippen MR) is 41.5 cm³/mol. The number of hydrogen-bond acceptors (Lipinski definition) is 2. The highest BCUT2D eigenvalue weighted by atomic mass is 16.6. The summed E-state index contributed by atoms with van der Waals surface area (Å²) in [7, 11) is 0.